The van der Waals surface area contributed by atoms with E-state index in [4.69, 9.17) is 4.74 Å². The maximum Gasteiger partial charge on any atom is 0.233 e. The molecule has 0 saturated carbocycles. The minimum atomic E-state index is -0.0216. The van der Waals surface area contributed by atoms with E-state index >= 15 is 0 Å². The maximum absolute atomic E-state index is 11.4. The minimum absolute atomic E-state index is 0.0216. The monoisotopic (exact) mass is 330 g/mol. The molecule has 0 saturated heterocycles. The van der Waals surface area contributed by atoms with Crippen molar-refractivity contribution in [3.8, 4) is 11.5 Å². The van der Waals surface area contributed by atoms with E-state index in [1.54, 1.807) is 12.1 Å². The lowest BCUT2D eigenvalue weighted by Crippen LogP contribution is -2.33. The van der Waals surface area contributed by atoms with Crippen molar-refractivity contribution in [1.29, 1.82) is 0 Å². The number of aromatic hydroxyl groups is 1. The lowest BCUT2D eigenvalue weighted by atomic mass is 10.2. The van der Waals surface area contributed by atoms with Gasteiger partial charge in [0, 0.05) is 13.1 Å². The molecule has 0 bridgehead atoms. The van der Waals surface area contributed by atoms with E-state index in [1.165, 1.54) is 7.11 Å². The number of benzene rings is 1. The standard InChI is InChI=1S/C13H19BrN2O3/c1-3-4-16-12(17)8-15-7-9-5-10(14)13(18)11(6-9)19-2/h5-6,15,18H,3-4,7-8H2,1-2H3,(H,16,17). The first-order valence-corrected chi connectivity index (χ1v) is 6.90. The summed E-state index contributed by atoms with van der Waals surface area (Å²) in [5, 5.41) is 15.5. The van der Waals surface area contributed by atoms with Gasteiger partial charge in [-0.2, -0.15) is 0 Å². The average Bonchev–Trinajstić information content (AvgIpc) is 2.40. The highest BCUT2D eigenvalue weighted by molar-refractivity contribution is 9.10. The van der Waals surface area contributed by atoms with Crippen LogP contribution in [0.25, 0.3) is 0 Å². The van der Waals surface area contributed by atoms with E-state index in [-0.39, 0.29) is 18.2 Å². The number of hydrogen-bond donors (Lipinski definition) is 3. The number of hydrogen-bond acceptors (Lipinski definition) is 4. The van der Waals surface area contributed by atoms with Gasteiger partial charge in [0.05, 0.1) is 18.1 Å². The van der Waals surface area contributed by atoms with Gasteiger partial charge in [-0.3, -0.25) is 4.79 Å². The third kappa shape index (κ3) is 5.08. The Bertz CT molecular complexity index is 438. The molecule has 0 aliphatic carbocycles. The molecule has 1 amide bonds. The topological polar surface area (TPSA) is 70.6 Å². The third-order valence-electron chi connectivity index (χ3n) is 2.49. The van der Waals surface area contributed by atoms with Gasteiger partial charge in [0.1, 0.15) is 0 Å². The molecular formula is C13H19BrN2O3. The number of carbonyl (C=O) groups is 1. The molecule has 0 aliphatic heterocycles. The summed E-state index contributed by atoms with van der Waals surface area (Å²) in [5.74, 6) is 0.459. The van der Waals surface area contributed by atoms with Crippen molar-refractivity contribution >= 4 is 21.8 Å². The van der Waals surface area contributed by atoms with Crippen molar-refractivity contribution < 1.29 is 14.6 Å². The van der Waals surface area contributed by atoms with Gasteiger partial charge in [-0.1, -0.05) is 6.92 Å². The normalized spacial score (nSPS) is 10.3. The van der Waals surface area contributed by atoms with Gasteiger partial charge < -0.3 is 20.5 Å². The minimum Gasteiger partial charge on any atom is -0.503 e. The quantitative estimate of drug-likeness (QED) is 0.712. The van der Waals surface area contributed by atoms with Gasteiger partial charge >= 0.3 is 0 Å². The summed E-state index contributed by atoms with van der Waals surface area (Å²) < 4.78 is 5.63. The zero-order chi connectivity index (χ0) is 14.3. The summed E-state index contributed by atoms with van der Waals surface area (Å²) in [5.41, 5.74) is 0.921. The first kappa shape index (κ1) is 15.8. The highest BCUT2D eigenvalue weighted by Gasteiger charge is 2.08. The van der Waals surface area contributed by atoms with Gasteiger partial charge in [0.2, 0.25) is 5.91 Å². The Hall–Kier alpha value is -1.27. The molecule has 0 fully saturated rings. The van der Waals surface area contributed by atoms with Crippen LogP contribution in [0.15, 0.2) is 16.6 Å². The molecule has 5 nitrogen and oxygen atoms in total. The first-order chi connectivity index (χ1) is 9.08. The van der Waals surface area contributed by atoms with Crippen molar-refractivity contribution in [1.82, 2.24) is 10.6 Å². The zero-order valence-electron chi connectivity index (χ0n) is 11.1. The van der Waals surface area contributed by atoms with Crippen molar-refractivity contribution in [3.63, 3.8) is 0 Å². The zero-order valence-corrected chi connectivity index (χ0v) is 12.7. The summed E-state index contributed by atoms with van der Waals surface area (Å²) in [6.07, 6.45) is 0.924. The Kier molecular flexibility index (Phi) is 6.66. The Morgan fingerprint density at radius 1 is 1.47 bits per heavy atom. The largest absolute Gasteiger partial charge is 0.503 e. The summed E-state index contributed by atoms with van der Waals surface area (Å²) in [7, 11) is 1.50. The molecule has 0 heterocycles. The second kappa shape index (κ2) is 8.01. The lowest BCUT2D eigenvalue weighted by Gasteiger charge is -2.10. The van der Waals surface area contributed by atoms with E-state index in [2.05, 4.69) is 26.6 Å². The van der Waals surface area contributed by atoms with Gasteiger partial charge in [0.25, 0.3) is 0 Å². The van der Waals surface area contributed by atoms with Crippen LogP contribution in [-0.4, -0.2) is 31.2 Å². The lowest BCUT2D eigenvalue weighted by molar-refractivity contribution is -0.120. The van der Waals surface area contributed by atoms with Gasteiger partial charge in [-0.25, -0.2) is 0 Å². The number of methoxy groups -OCH3 is 1. The number of phenolic OH excluding ortho intramolecular Hbond substituents is 1. The Morgan fingerprint density at radius 2 is 2.21 bits per heavy atom. The molecule has 0 radical (unpaired) electrons. The Morgan fingerprint density at radius 3 is 2.84 bits per heavy atom. The van der Waals surface area contributed by atoms with Crippen LogP contribution in [0.1, 0.15) is 18.9 Å². The molecule has 0 aromatic heterocycles. The van der Waals surface area contributed by atoms with Crippen molar-refractivity contribution in [2.24, 2.45) is 0 Å². The van der Waals surface area contributed by atoms with Crippen molar-refractivity contribution in [2.45, 2.75) is 19.9 Å². The van der Waals surface area contributed by atoms with Gasteiger partial charge in [-0.05, 0) is 40.0 Å². The highest BCUT2D eigenvalue weighted by Crippen LogP contribution is 2.35. The van der Waals surface area contributed by atoms with Crippen LogP contribution < -0.4 is 15.4 Å². The van der Waals surface area contributed by atoms with Gasteiger partial charge in [-0.15, -0.1) is 0 Å². The predicted molar refractivity (Wildman–Crippen MR) is 77.4 cm³/mol. The summed E-state index contributed by atoms with van der Waals surface area (Å²) in [4.78, 5) is 11.4. The van der Waals surface area contributed by atoms with Gasteiger partial charge in [0.15, 0.2) is 11.5 Å². The number of nitrogens with one attached hydrogen (secondary N) is 2. The fourth-order valence-electron chi connectivity index (χ4n) is 1.53. The molecule has 106 valence electrons. The molecular weight excluding hydrogens is 312 g/mol. The molecule has 1 rings (SSSR count). The number of rotatable bonds is 7. The molecule has 0 atom stereocenters. The smallest absolute Gasteiger partial charge is 0.233 e. The van der Waals surface area contributed by atoms with Crippen LogP contribution >= 0.6 is 15.9 Å². The molecule has 0 aliphatic rings. The maximum atomic E-state index is 11.4. The van der Waals surface area contributed by atoms with Crippen LogP contribution in [0.2, 0.25) is 0 Å². The average molecular weight is 331 g/mol. The molecule has 3 N–H and O–H groups in total. The highest BCUT2D eigenvalue weighted by atomic mass is 79.9. The second-order valence-corrected chi connectivity index (χ2v) is 4.94. The molecule has 19 heavy (non-hydrogen) atoms. The number of amides is 1. The van der Waals surface area contributed by atoms with E-state index in [9.17, 15) is 9.90 Å². The summed E-state index contributed by atoms with van der Waals surface area (Å²) in [6, 6.07) is 3.52. The molecule has 1 aromatic carbocycles. The third-order valence-corrected chi connectivity index (χ3v) is 3.10. The number of phenols is 1. The Balaban J connectivity index is 2.50. The van der Waals surface area contributed by atoms with Crippen molar-refractivity contribution in [3.05, 3.63) is 22.2 Å². The summed E-state index contributed by atoms with van der Waals surface area (Å²) in [6.45, 7) is 3.49. The van der Waals surface area contributed by atoms with Crippen LogP contribution in [0.3, 0.4) is 0 Å². The van der Waals surface area contributed by atoms with E-state index in [1.807, 2.05) is 6.92 Å². The predicted octanol–water partition coefficient (Wildman–Crippen LogP) is 1.78. The van der Waals surface area contributed by atoms with E-state index in [0.29, 0.717) is 23.3 Å². The van der Waals surface area contributed by atoms with Crippen LogP contribution in [0, 0.1) is 0 Å². The summed E-state index contributed by atoms with van der Waals surface area (Å²) >= 11 is 3.26. The van der Waals surface area contributed by atoms with Crippen LogP contribution in [-0.2, 0) is 11.3 Å². The van der Waals surface area contributed by atoms with Crippen molar-refractivity contribution in [2.75, 3.05) is 20.2 Å². The first-order valence-electron chi connectivity index (χ1n) is 6.11. The molecule has 0 unspecified atom stereocenters. The fourth-order valence-corrected chi connectivity index (χ4v) is 2.02. The SMILES string of the molecule is CCCNC(=O)CNCc1cc(Br)c(O)c(OC)c1. The van der Waals surface area contributed by atoms with Crippen LogP contribution in [0.4, 0.5) is 0 Å². The second-order valence-electron chi connectivity index (χ2n) is 4.08. The van der Waals surface area contributed by atoms with E-state index < -0.39 is 0 Å². The number of carbonyl (C=O) groups excluding carboxylic acids is 1. The Labute approximate surface area is 121 Å². The fraction of sp³-hybridized carbons (Fsp3) is 0.462. The molecule has 1 aromatic rings. The number of halogens is 1. The van der Waals surface area contributed by atoms with Crippen LogP contribution in [0.5, 0.6) is 11.5 Å². The molecule has 0 spiro atoms. The molecule has 6 heteroatoms. The van der Waals surface area contributed by atoms with E-state index in [0.717, 1.165) is 12.0 Å². The number of ether oxygens (including phenoxy) is 1.